The van der Waals surface area contributed by atoms with Gasteiger partial charge in [0.2, 0.25) is 5.91 Å². The maximum atomic E-state index is 11.9. The lowest BCUT2D eigenvalue weighted by atomic mass is 10.1. The molecule has 0 saturated carbocycles. The second kappa shape index (κ2) is 5.61. The number of hydrogen-bond donors (Lipinski definition) is 2. The summed E-state index contributed by atoms with van der Waals surface area (Å²) >= 11 is 0. The highest BCUT2D eigenvalue weighted by molar-refractivity contribution is 5.86. The lowest BCUT2D eigenvalue weighted by Gasteiger charge is -2.36. The summed E-state index contributed by atoms with van der Waals surface area (Å²) in [6, 6.07) is 1.11. The Kier molecular flexibility index (Phi) is 3.91. The van der Waals surface area contributed by atoms with Crippen LogP contribution in [0.3, 0.4) is 0 Å². The third-order valence-corrected chi connectivity index (χ3v) is 3.08. The molecule has 8 nitrogen and oxygen atoms in total. The van der Waals surface area contributed by atoms with Crippen molar-refractivity contribution in [3.63, 3.8) is 0 Å². The minimum atomic E-state index is -0.481. The summed E-state index contributed by atoms with van der Waals surface area (Å²) in [5.41, 5.74) is 0.341. The van der Waals surface area contributed by atoms with Gasteiger partial charge in [-0.05, 0) is 6.07 Å². The van der Waals surface area contributed by atoms with Crippen LogP contribution in [-0.2, 0) is 4.79 Å². The first kappa shape index (κ1) is 13.2. The average molecular weight is 265 g/mol. The number of rotatable bonds is 3. The topological polar surface area (TPSA) is 100 Å². The Morgan fingerprint density at radius 1 is 1.68 bits per heavy atom. The molecule has 1 saturated heterocycles. The van der Waals surface area contributed by atoms with Crippen LogP contribution in [0.5, 0.6) is 0 Å². The fourth-order valence-corrected chi connectivity index (χ4v) is 2.16. The fourth-order valence-electron chi connectivity index (χ4n) is 2.16. The van der Waals surface area contributed by atoms with Crippen LogP contribution in [0.2, 0.25) is 0 Å². The zero-order valence-electron chi connectivity index (χ0n) is 10.5. The number of anilines is 1. The van der Waals surface area contributed by atoms with Gasteiger partial charge < -0.3 is 15.5 Å². The van der Waals surface area contributed by atoms with Crippen molar-refractivity contribution in [1.29, 1.82) is 0 Å². The third-order valence-electron chi connectivity index (χ3n) is 3.08. The number of amides is 1. The van der Waals surface area contributed by atoms with Crippen molar-refractivity contribution in [2.45, 2.75) is 6.04 Å². The first-order valence-electron chi connectivity index (χ1n) is 5.92. The normalized spacial score (nSPS) is 19.0. The number of carbonyl (C=O) groups excluding carboxylic acids is 1. The summed E-state index contributed by atoms with van der Waals surface area (Å²) < 4.78 is 0. The molecule has 1 fully saturated rings. The quantitative estimate of drug-likeness (QED) is 0.565. The molecule has 1 aromatic rings. The summed E-state index contributed by atoms with van der Waals surface area (Å²) in [4.78, 5) is 27.9. The number of nitrogens with zero attached hydrogens (tertiary/aromatic N) is 3. The lowest BCUT2D eigenvalue weighted by Crippen LogP contribution is -2.57. The van der Waals surface area contributed by atoms with Gasteiger partial charge in [-0.3, -0.25) is 19.9 Å². The van der Waals surface area contributed by atoms with Crippen LogP contribution in [-0.4, -0.2) is 48.5 Å². The van der Waals surface area contributed by atoms with Gasteiger partial charge in [-0.25, -0.2) is 0 Å². The zero-order valence-corrected chi connectivity index (χ0v) is 10.5. The second-order valence-corrected chi connectivity index (χ2v) is 4.15. The molecule has 1 unspecified atom stereocenters. The Balaban J connectivity index is 2.37. The number of carbonyl (C=O) groups is 1. The van der Waals surface area contributed by atoms with Crippen LogP contribution in [0.4, 0.5) is 11.4 Å². The molecule has 1 aliphatic heterocycles. The van der Waals surface area contributed by atoms with Gasteiger partial charge in [0.1, 0.15) is 17.9 Å². The Hall–Kier alpha value is -2.22. The Morgan fingerprint density at radius 3 is 3.16 bits per heavy atom. The third kappa shape index (κ3) is 2.63. The van der Waals surface area contributed by atoms with E-state index in [9.17, 15) is 14.9 Å². The standard InChI is InChI=1S/C11H15N5O3/c1-12-11(17)10-7-14-4-5-15(10)8-2-3-13-6-9(8)16(18)19/h2-3,6,10,14H,4-5,7H2,1H3,(H,12,17). The molecule has 0 aromatic carbocycles. The second-order valence-electron chi connectivity index (χ2n) is 4.15. The van der Waals surface area contributed by atoms with Gasteiger partial charge in [-0.1, -0.05) is 0 Å². The van der Waals surface area contributed by atoms with E-state index in [1.165, 1.54) is 12.4 Å². The first-order valence-corrected chi connectivity index (χ1v) is 5.92. The van der Waals surface area contributed by atoms with Crippen LogP contribution in [0.15, 0.2) is 18.5 Å². The fraction of sp³-hybridized carbons (Fsp3) is 0.455. The molecular weight excluding hydrogens is 250 g/mol. The van der Waals surface area contributed by atoms with Crippen molar-refractivity contribution in [1.82, 2.24) is 15.6 Å². The predicted octanol–water partition coefficient (Wildman–Crippen LogP) is -0.486. The van der Waals surface area contributed by atoms with Crippen LogP contribution >= 0.6 is 0 Å². The van der Waals surface area contributed by atoms with E-state index in [0.717, 1.165) is 0 Å². The molecule has 1 atom stereocenters. The summed E-state index contributed by atoms with van der Waals surface area (Å²) in [6.45, 7) is 1.66. The van der Waals surface area contributed by atoms with Gasteiger partial charge in [0.15, 0.2) is 0 Å². The van der Waals surface area contributed by atoms with Crippen molar-refractivity contribution in [3.05, 3.63) is 28.6 Å². The molecular formula is C11H15N5O3. The molecule has 19 heavy (non-hydrogen) atoms. The van der Waals surface area contributed by atoms with E-state index in [-0.39, 0.29) is 11.6 Å². The Bertz CT molecular complexity index is 493. The van der Waals surface area contributed by atoms with Crippen LogP contribution < -0.4 is 15.5 Å². The van der Waals surface area contributed by atoms with Gasteiger partial charge in [-0.15, -0.1) is 0 Å². The monoisotopic (exact) mass is 265 g/mol. The number of aromatic nitrogens is 1. The van der Waals surface area contributed by atoms with Crippen molar-refractivity contribution >= 4 is 17.3 Å². The van der Waals surface area contributed by atoms with Crippen LogP contribution in [0.25, 0.3) is 0 Å². The van der Waals surface area contributed by atoms with E-state index in [1.807, 2.05) is 0 Å². The Morgan fingerprint density at radius 2 is 2.47 bits per heavy atom. The van der Waals surface area contributed by atoms with E-state index in [2.05, 4.69) is 15.6 Å². The summed E-state index contributed by atoms with van der Waals surface area (Å²) in [7, 11) is 1.55. The van der Waals surface area contributed by atoms with Crippen LogP contribution in [0, 0.1) is 10.1 Å². The smallest absolute Gasteiger partial charge is 0.310 e. The van der Waals surface area contributed by atoms with Crippen molar-refractivity contribution < 1.29 is 9.72 Å². The van der Waals surface area contributed by atoms with Gasteiger partial charge in [0, 0.05) is 32.9 Å². The molecule has 0 bridgehead atoms. The lowest BCUT2D eigenvalue weighted by molar-refractivity contribution is -0.384. The van der Waals surface area contributed by atoms with Crippen molar-refractivity contribution in [2.75, 3.05) is 31.6 Å². The highest BCUT2D eigenvalue weighted by Gasteiger charge is 2.31. The molecule has 2 N–H and O–H groups in total. The van der Waals surface area contributed by atoms with E-state index >= 15 is 0 Å². The molecule has 2 rings (SSSR count). The molecule has 0 aliphatic carbocycles. The van der Waals surface area contributed by atoms with E-state index in [1.54, 1.807) is 18.0 Å². The minimum absolute atomic E-state index is 0.0849. The summed E-state index contributed by atoms with van der Waals surface area (Å²) in [6.07, 6.45) is 2.70. The molecule has 102 valence electrons. The Labute approximate surface area is 110 Å². The molecule has 2 heterocycles. The van der Waals surface area contributed by atoms with E-state index < -0.39 is 11.0 Å². The van der Waals surface area contributed by atoms with Gasteiger partial charge in [-0.2, -0.15) is 0 Å². The van der Waals surface area contributed by atoms with Crippen LogP contribution in [0.1, 0.15) is 0 Å². The maximum absolute atomic E-state index is 11.9. The van der Waals surface area contributed by atoms with Gasteiger partial charge in [0.25, 0.3) is 0 Å². The average Bonchev–Trinajstić information content (AvgIpc) is 2.46. The molecule has 1 aliphatic rings. The number of piperazine rings is 1. The van der Waals surface area contributed by atoms with Crippen molar-refractivity contribution in [2.24, 2.45) is 0 Å². The number of pyridine rings is 1. The molecule has 1 amide bonds. The van der Waals surface area contributed by atoms with E-state index in [4.69, 9.17) is 0 Å². The largest absolute Gasteiger partial charge is 0.357 e. The summed E-state index contributed by atoms with van der Waals surface area (Å²) in [5.74, 6) is -0.168. The highest BCUT2D eigenvalue weighted by atomic mass is 16.6. The number of hydrogen-bond acceptors (Lipinski definition) is 6. The molecule has 8 heteroatoms. The van der Waals surface area contributed by atoms with Gasteiger partial charge >= 0.3 is 5.69 Å². The van der Waals surface area contributed by atoms with Crippen molar-refractivity contribution in [3.8, 4) is 0 Å². The summed E-state index contributed by atoms with van der Waals surface area (Å²) in [5, 5.41) is 16.7. The first-order chi connectivity index (χ1) is 9.15. The minimum Gasteiger partial charge on any atom is -0.357 e. The van der Waals surface area contributed by atoms with E-state index in [0.29, 0.717) is 25.3 Å². The number of nitro groups is 1. The SMILES string of the molecule is CNC(=O)C1CNCCN1c1ccncc1[N+](=O)[O-]. The zero-order chi connectivity index (χ0) is 13.8. The maximum Gasteiger partial charge on any atom is 0.310 e. The predicted molar refractivity (Wildman–Crippen MR) is 69.0 cm³/mol. The van der Waals surface area contributed by atoms with Gasteiger partial charge in [0.05, 0.1) is 4.92 Å². The number of nitrogens with one attached hydrogen (secondary N) is 2. The molecule has 1 aromatic heterocycles. The highest BCUT2D eigenvalue weighted by Crippen LogP contribution is 2.28. The number of likely N-dealkylation sites (N-methyl/N-ethyl adjacent to an activating group) is 1. The molecule has 0 spiro atoms. The molecule has 0 radical (unpaired) electrons.